The van der Waals surface area contributed by atoms with Gasteiger partial charge in [-0.2, -0.15) is 5.26 Å². The van der Waals surface area contributed by atoms with Crippen LogP contribution in [0.5, 0.6) is 0 Å². The number of thiazole rings is 1. The molecule has 0 bridgehead atoms. The normalized spacial score (nSPS) is 12.6. The Bertz CT molecular complexity index is 1330. The van der Waals surface area contributed by atoms with Gasteiger partial charge in [0, 0.05) is 10.5 Å². The molecule has 1 N–H and O–H groups in total. The van der Waals surface area contributed by atoms with Crippen LogP contribution in [-0.4, -0.2) is 16.5 Å². The first kappa shape index (κ1) is 21.8. The van der Waals surface area contributed by atoms with Crippen LogP contribution in [0, 0.1) is 18.3 Å². The molecule has 7 heteroatoms. The van der Waals surface area contributed by atoms with Crippen LogP contribution < -0.4 is 20.1 Å². The molecule has 0 radical (unpaired) electrons. The van der Waals surface area contributed by atoms with Crippen LogP contribution in [0.1, 0.15) is 25.0 Å². The van der Waals surface area contributed by atoms with Gasteiger partial charge in [0.1, 0.15) is 10.7 Å². The Kier molecular flexibility index (Phi) is 6.70. The van der Waals surface area contributed by atoms with E-state index in [9.17, 15) is 14.9 Å². The lowest BCUT2D eigenvalue weighted by Crippen LogP contribution is -2.36. The van der Waals surface area contributed by atoms with Crippen molar-refractivity contribution in [3.05, 3.63) is 83.7 Å². The van der Waals surface area contributed by atoms with Gasteiger partial charge in [0.15, 0.2) is 5.57 Å². The van der Waals surface area contributed by atoms with Crippen LogP contribution in [0.2, 0.25) is 0 Å². The minimum absolute atomic E-state index is 0.0806. The highest BCUT2D eigenvalue weighted by molar-refractivity contribution is 9.10. The van der Waals surface area contributed by atoms with Crippen molar-refractivity contribution in [2.24, 2.45) is 0 Å². The van der Waals surface area contributed by atoms with Crippen LogP contribution in [-0.2, 0) is 4.79 Å². The zero-order valence-electron chi connectivity index (χ0n) is 16.8. The Hall–Kier alpha value is -2.95. The zero-order valence-corrected chi connectivity index (χ0v) is 19.2. The third kappa shape index (κ3) is 4.61. The summed E-state index contributed by atoms with van der Waals surface area (Å²) in [6.07, 6.45) is 1.77. The molecular formula is C23H20BrN3O2S. The second-order valence-corrected chi connectivity index (χ2v) is 8.96. The number of hydrogen-bond donors (Lipinski definition) is 1. The molecule has 0 atom stereocenters. The van der Waals surface area contributed by atoms with Gasteiger partial charge >= 0.3 is 0 Å². The zero-order chi connectivity index (χ0) is 21.8. The number of nitriles is 1. The van der Waals surface area contributed by atoms with Gasteiger partial charge in [0.05, 0.1) is 10.2 Å². The minimum Gasteiger partial charge on any atom is -0.349 e. The van der Waals surface area contributed by atoms with Crippen LogP contribution in [0.25, 0.3) is 17.3 Å². The van der Waals surface area contributed by atoms with E-state index in [1.54, 1.807) is 6.08 Å². The number of nitrogens with one attached hydrogen (secondary N) is 1. The summed E-state index contributed by atoms with van der Waals surface area (Å²) in [6.45, 7) is 5.53. The van der Waals surface area contributed by atoms with E-state index < -0.39 is 5.91 Å². The number of carbonyl (C=O) groups excluding carboxylic acids is 1. The molecule has 1 heterocycles. The van der Waals surface area contributed by atoms with Gasteiger partial charge in [-0.15, -0.1) is 11.3 Å². The van der Waals surface area contributed by atoms with E-state index in [2.05, 4.69) is 21.2 Å². The van der Waals surface area contributed by atoms with Gasteiger partial charge in [-0.25, -0.2) is 0 Å². The van der Waals surface area contributed by atoms with E-state index in [1.807, 2.05) is 75.4 Å². The first-order chi connectivity index (χ1) is 14.3. The molecule has 1 aromatic heterocycles. The maximum absolute atomic E-state index is 13.4. The summed E-state index contributed by atoms with van der Waals surface area (Å²) >= 11 is 4.57. The van der Waals surface area contributed by atoms with Crippen LogP contribution in [0.15, 0.2) is 57.8 Å². The average Bonchev–Trinajstić information content (AvgIpc) is 2.98. The first-order valence-electron chi connectivity index (χ1n) is 9.32. The molecule has 152 valence electrons. The summed E-state index contributed by atoms with van der Waals surface area (Å²) in [5.74, 6) is -0.495. The van der Waals surface area contributed by atoms with Crippen molar-refractivity contribution in [3.8, 4) is 11.8 Å². The van der Waals surface area contributed by atoms with Crippen molar-refractivity contribution in [2.75, 3.05) is 0 Å². The Balaban J connectivity index is 2.41. The second-order valence-electron chi connectivity index (χ2n) is 7.01. The number of para-hydroxylation sites is 1. The van der Waals surface area contributed by atoms with E-state index >= 15 is 0 Å². The smallest absolute Gasteiger partial charge is 0.273 e. The fourth-order valence-corrected chi connectivity index (χ4v) is 4.47. The summed E-state index contributed by atoms with van der Waals surface area (Å²) in [4.78, 5) is 26.1. The van der Waals surface area contributed by atoms with Gasteiger partial charge in [-0.3, -0.25) is 14.2 Å². The predicted octanol–water partition coefficient (Wildman–Crippen LogP) is 3.00. The van der Waals surface area contributed by atoms with Crippen LogP contribution in [0.3, 0.4) is 0 Å². The monoisotopic (exact) mass is 481 g/mol. The fourth-order valence-electron chi connectivity index (χ4n) is 2.96. The fraction of sp³-hybridized carbons (Fsp3) is 0.174. The highest BCUT2D eigenvalue weighted by atomic mass is 79.9. The molecule has 3 rings (SSSR count). The van der Waals surface area contributed by atoms with E-state index in [4.69, 9.17) is 0 Å². The van der Waals surface area contributed by atoms with Gasteiger partial charge in [-0.1, -0.05) is 46.3 Å². The third-order valence-corrected chi connectivity index (χ3v) is 5.88. The standard InChI is InChI=1S/C23H20BrN3O2S/c1-14(2)26-21(28)18(13-25)23-27(19-10-5-4-7-15(19)3)22(29)20(30-23)12-16-8-6-9-17(24)11-16/h4-12,14H,1-3H3,(H,26,28)/b20-12-,23-18+. The quantitative estimate of drug-likeness (QED) is 0.622. The molecule has 0 saturated carbocycles. The molecule has 0 aliphatic heterocycles. The van der Waals surface area contributed by atoms with Gasteiger partial charge in [0.2, 0.25) is 0 Å². The Labute approximate surface area is 186 Å². The molecule has 30 heavy (non-hydrogen) atoms. The van der Waals surface area contributed by atoms with Gasteiger partial charge < -0.3 is 5.32 Å². The predicted molar refractivity (Wildman–Crippen MR) is 124 cm³/mol. The Morgan fingerprint density at radius 3 is 2.60 bits per heavy atom. The maximum Gasteiger partial charge on any atom is 0.273 e. The molecule has 0 fully saturated rings. The Morgan fingerprint density at radius 2 is 1.97 bits per heavy atom. The van der Waals surface area contributed by atoms with Crippen LogP contribution in [0.4, 0.5) is 0 Å². The van der Waals surface area contributed by atoms with Crippen LogP contribution >= 0.6 is 27.3 Å². The van der Waals surface area contributed by atoms with Gasteiger partial charge in [0.25, 0.3) is 11.5 Å². The number of rotatable bonds is 4. The number of amides is 1. The maximum atomic E-state index is 13.4. The molecule has 3 aromatic rings. The molecule has 5 nitrogen and oxygen atoms in total. The topological polar surface area (TPSA) is 74.9 Å². The molecule has 0 aliphatic carbocycles. The highest BCUT2D eigenvalue weighted by Crippen LogP contribution is 2.13. The summed E-state index contributed by atoms with van der Waals surface area (Å²) in [5.41, 5.74) is 2.01. The van der Waals surface area contributed by atoms with E-state index in [0.717, 1.165) is 26.9 Å². The molecule has 1 amide bonds. The van der Waals surface area contributed by atoms with Gasteiger partial charge in [-0.05, 0) is 56.2 Å². The van der Waals surface area contributed by atoms with Crippen molar-refractivity contribution in [1.82, 2.24) is 9.88 Å². The third-order valence-electron chi connectivity index (χ3n) is 4.30. The largest absolute Gasteiger partial charge is 0.349 e. The Morgan fingerprint density at radius 1 is 1.23 bits per heavy atom. The molecule has 0 saturated heterocycles. The molecule has 0 unspecified atom stereocenters. The van der Waals surface area contributed by atoms with Crippen molar-refractivity contribution >= 4 is 44.8 Å². The molecule has 2 aromatic carbocycles. The van der Waals surface area contributed by atoms with E-state index in [0.29, 0.717) is 14.9 Å². The van der Waals surface area contributed by atoms with Crippen molar-refractivity contribution in [1.29, 1.82) is 5.26 Å². The number of benzene rings is 2. The number of hydrogen-bond acceptors (Lipinski definition) is 4. The lowest BCUT2D eigenvalue weighted by atomic mass is 10.2. The number of halogens is 1. The SMILES string of the molecule is Cc1ccccc1-n1c(=O)/c(=C/c2cccc(Br)c2)s/c1=C(\C#N)C(=O)NC(C)C. The number of carbonyl (C=O) groups is 1. The van der Waals surface area contributed by atoms with E-state index in [1.165, 1.54) is 4.57 Å². The van der Waals surface area contributed by atoms with Crippen molar-refractivity contribution in [3.63, 3.8) is 0 Å². The molecule has 0 aliphatic rings. The summed E-state index contributed by atoms with van der Waals surface area (Å²) < 4.78 is 3.11. The summed E-state index contributed by atoms with van der Waals surface area (Å²) in [7, 11) is 0. The molecule has 0 spiro atoms. The van der Waals surface area contributed by atoms with Crippen molar-refractivity contribution < 1.29 is 4.79 Å². The highest BCUT2D eigenvalue weighted by Gasteiger charge is 2.18. The number of aromatic nitrogens is 1. The summed E-state index contributed by atoms with van der Waals surface area (Å²) in [5, 5.41) is 12.5. The average molecular weight is 482 g/mol. The lowest BCUT2D eigenvalue weighted by molar-refractivity contribution is -0.116. The minimum atomic E-state index is -0.495. The number of nitrogens with zero attached hydrogens (tertiary/aromatic N) is 2. The second kappa shape index (κ2) is 9.24. The summed E-state index contributed by atoms with van der Waals surface area (Å²) in [6, 6.07) is 16.9. The molecular weight excluding hydrogens is 462 g/mol. The van der Waals surface area contributed by atoms with E-state index in [-0.39, 0.29) is 17.2 Å². The first-order valence-corrected chi connectivity index (χ1v) is 10.9. The van der Waals surface area contributed by atoms with Crippen molar-refractivity contribution in [2.45, 2.75) is 26.8 Å². The lowest BCUT2D eigenvalue weighted by Gasteiger charge is -2.09. The number of aryl methyl sites for hydroxylation is 1.